The molecule has 1 saturated heterocycles. The van der Waals surface area contributed by atoms with Crippen molar-refractivity contribution in [3.05, 3.63) is 53.4 Å². The Bertz CT molecular complexity index is 878. The zero-order chi connectivity index (χ0) is 21.7. The lowest BCUT2D eigenvalue weighted by atomic mass is 10.1. The number of ketones is 1. The molecule has 160 valence electrons. The Morgan fingerprint density at radius 1 is 1.30 bits per heavy atom. The van der Waals surface area contributed by atoms with Crippen LogP contribution in [0.5, 0.6) is 5.75 Å². The molecule has 0 bridgehead atoms. The van der Waals surface area contributed by atoms with Crippen LogP contribution in [0, 0.1) is 0 Å². The van der Waals surface area contributed by atoms with E-state index in [1.165, 1.54) is 11.0 Å². The van der Waals surface area contributed by atoms with Crippen LogP contribution in [0.25, 0.3) is 0 Å². The van der Waals surface area contributed by atoms with Crippen molar-refractivity contribution in [3.63, 3.8) is 0 Å². The van der Waals surface area contributed by atoms with Gasteiger partial charge in [-0.3, -0.25) is 15.4 Å². The molecule has 0 saturated carbocycles. The van der Waals surface area contributed by atoms with Gasteiger partial charge in [0.2, 0.25) is 5.78 Å². The number of hydrazine groups is 1. The van der Waals surface area contributed by atoms with E-state index < -0.39 is 17.8 Å². The van der Waals surface area contributed by atoms with E-state index in [2.05, 4.69) is 5.43 Å². The Balaban J connectivity index is 1.74. The van der Waals surface area contributed by atoms with Gasteiger partial charge in [0.15, 0.2) is 11.5 Å². The number of hydrogen-bond acceptors (Lipinski definition) is 8. The number of ether oxygens (including phenoxy) is 3. The van der Waals surface area contributed by atoms with Crippen LogP contribution in [-0.4, -0.2) is 67.5 Å². The zero-order valence-electron chi connectivity index (χ0n) is 16.8. The predicted molar refractivity (Wildman–Crippen MR) is 106 cm³/mol. The van der Waals surface area contributed by atoms with Gasteiger partial charge in [-0.1, -0.05) is 18.2 Å². The van der Waals surface area contributed by atoms with Gasteiger partial charge in [0, 0.05) is 20.6 Å². The summed E-state index contributed by atoms with van der Waals surface area (Å²) < 4.78 is 16.2. The molecular weight excluding hydrogens is 392 g/mol. The minimum absolute atomic E-state index is 0.0157. The first-order chi connectivity index (χ1) is 14.4. The van der Waals surface area contributed by atoms with Gasteiger partial charge >= 0.3 is 6.09 Å². The number of carbonyl (C=O) groups is 3. The fraction of sp³-hybridized carbons (Fsp3) is 0.350. The van der Waals surface area contributed by atoms with Crippen LogP contribution in [0.4, 0.5) is 4.79 Å². The van der Waals surface area contributed by atoms with E-state index in [0.717, 1.165) is 0 Å². The van der Waals surface area contributed by atoms with Gasteiger partial charge in [-0.2, -0.15) is 0 Å². The Kier molecular flexibility index (Phi) is 6.70. The molecule has 10 nitrogen and oxygen atoms in total. The highest BCUT2D eigenvalue weighted by Gasteiger charge is 2.33. The molecule has 2 aliphatic rings. The highest BCUT2D eigenvalue weighted by atomic mass is 16.6. The van der Waals surface area contributed by atoms with E-state index in [1.807, 2.05) is 0 Å². The zero-order valence-corrected chi connectivity index (χ0v) is 16.8. The maximum Gasteiger partial charge on any atom is 0.414 e. The summed E-state index contributed by atoms with van der Waals surface area (Å²) in [5, 5.41) is 0. The minimum atomic E-state index is -0.491. The molecule has 2 heterocycles. The van der Waals surface area contributed by atoms with Crippen molar-refractivity contribution in [1.29, 1.82) is 0 Å². The molecule has 0 aliphatic carbocycles. The Hall–Kier alpha value is -3.37. The summed E-state index contributed by atoms with van der Waals surface area (Å²) in [6.07, 6.45) is 2.49. The number of carbonyl (C=O) groups excluding carboxylic acids is 3. The van der Waals surface area contributed by atoms with E-state index in [1.54, 1.807) is 49.3 Å². The SMILES string of the molecule is CN(C)C(=O)Oc1ccc(CO/C2=C(/NN)C(=O)N3CCOCC3/C=C\C2=O)cc1. The van der Waals surface area contributed by atoms with E-state index in [4.69, 9.17) is 20.1 Å². The van der Waals surface area contributed by atoms with Crippen LogP contribution >= 0.6 is 0 Å². The molecule has 10 heteroatoms. The van der Waals surface area contributed by atoms with Gasteiger partial charge in [-0.25, -0.2) is 4.79 Å². The van der Waals surface area contributed by atoms with E-state index in [0.29, 0.717) is 31.1 Å². The summed E-state index contributed by atoms with van der Waals surface area (Å²) in [4.78, 5) is 40.0. The first-order valence-corrected chi connectivity index (χ1v) is 9.33. The smallest absolute Gasteiger partial charge is 0.414 e. The number of fused-ring (bicyclic) bond motifs is 1. The van der Waals surface area contributed by atoms with Crippen LogP contribution in [-0.2, 0) is 25.7 Å². The summed E-state index contributed by atoms with van der Waals surface area (Å²) in [6, 6.07) is 6.27. The number of nitrogens with two attached hydrogens (primary N) is 1. The van der Waals surface area contributed by atoms with Crippen molar-refractivity contribution in [2.45, 2.75) is 12.6 Å². The molecule has 1 aromatic carbocycles. The third kappa shape index (κ3) is 4.78. The Morgan fingerprint density at radius 3 is 2.70 bits per heavy atom. The Morgan fingerprint density at radius 2 is 2.03 bits per heavy atom. The predicted octanol–water partition coefficient (Wildman–Crippen LogP) is 0.305. The minimum Gasteiger partial charge on any atom is -0.483 e. The van der Waals surface area contributed by atoms with Crippen LogP contribution in [0.3, 0.4) is 0 Å². The number of allylic oxidation sites excluding steroid dienone is 1. The molecule has 0 aromatic heterocycles. The van der Waals surface area contributed by atoms with Gasteiger partial charge in [0.1, 0.15) is 12.4 Å². The molecule has 1 aromatic rings. The molecule has 1 atom stereocenters. The molecule has 1 unspecified atom stereocenters. The second-order valence-electron chi connectivity index (χ2n) is 6.91. The molecule has 1 fully saturated rings. The van der Waals surface area contributed by atoms with Gasteiger partial charge in [0.25, 0.3) is 5.91 Å². The second-order valence-corrected chi connectivity index (χ2v) is 6.91. The molecule has 2 aliphatic heterocycles. The fourth-order valence-corrected chi connectivity index (χ4v) is 2.94. The van der Waals surface area contributed by atoms with Crippen LogP contribution in [0.1, 0.15) is 5.56 Å². The third-order valence-electron chi connectivity index (χ3n) is 4.58. The number of benzene rings is 1. The van der Waals surface area contributed by atoms with Crippen molar-refractivity contribution in [2.75, 3.05) is 33.9 Å². The number of nitrogens with zero attached hydrogens (tertiary/aromatic N) is 2. The summed E-state index contributed by atoms with van der Waals surface area (Å²) >= 11 is 0. The molecule has 0 spiro atoms. The highest BCUT2D eigenvalue weighted by molar-refractivity contribution is 6.09. The number of hydrogen-bond donors (Lipinski definition) is 2. The van der Waals surface area contributed by atoms with Crippen molar-refractivity contribution in [3.8, 4) is 5.75 Å². The molecule has 2 amide bonds. The van der Waals surface area contributed by atoms with Crippen LogP contribution in [0.2, 0.25) is 0 Å². The van der Waals surface area contributed by atoms with Crippen molar-refractivity contribution in [2.24, 2.45) is 5.84 Å². The first kappa shape index (κ1) is 21.3. The van der Waals surface area contributed by atoms with Gasteiger partial charge < -0.3 is 29.4 Å². The lowest BCUT2D eigenvalue weighted by Gasteiger charge is -2.35. The lowest BCUT2D eigenvalue weighted by molar-refractivity contribution is -0.135. The average Bonchev–Trinajstić information content (AvgIpc) is 2.75. The lowest BCUT2D eigenvalue weighted by Crippen LogP contribution is -2.51. The summed E-state index contributed by atoms with van der Waals surface area (Å²) in [5.41, 5.74) is 2.92. The largest absolute Gasteiger partial charge is 0.483 e. The molecule has 30 heavy (non-hydrogen) atoms. The van der Waals surface area contributed by atoms with Gasteiger partial charge in [-0.05, 0) is 23.8 Å². The van der Waals surface area contributed by atoms with E-state index >= 15 is 0 Å². The number of amides is 2. The standard InChI is InChI=1S/C20H24N4O6/c1-23(2)20(27)30-15-6-3-13(4-7-15)11-29-18-16(25)8-5-14-12-28-10-9-24(14)19(26)17(18)22-21/h3-8,14,22H,9-12,21H2,1-2H3/b8-5-,18-17+. The van der Waals surface area contributed by atoms with Gasteiger partial charge in [-0.15, -0.1) is 0 Å². The molecule has 3 rings (SSSR count). The number of morpholine rings is 1. The Labute approximate surface area is 173 Å². The topological polar surface area (TPSA) is 123 Å². The quantitative estimate of drug-likeness (QED) is 0.519. The summed E-state index contributed by atoms with van der Waals surface area (Å²) in [7, 11) is 3.17. The summed E-state index contributed by atoms with van der Waals surface area (Å²) in [5.74, 6) is 4.87. The maximum absolute atomic E-state index is 12.9. The molecule has 3 N–H and O–H groups in total. The van der Waals surface area contributed by atoms with Crippen LogP contribution in [0.15, 0.2) is 47.9 Å². The second kappa shape index (κ2) is 9.42. The van der Waals surface area contributed by atoms with Crippen LogP contribution < -0.4 is 16.0 Å². The number of rotatable bonds is 5. The molecular formula is C20H24N4O6. The first-order valence-electron chi connectivity index (χ1n) is 9.33. The van der Waals surface area contributed by atoms with E-state index in [-0.39, 0.29) is 24.1 Å². The van der Waals surface area contributed by atoms with Crippen molar-refractivity contribution < 1.29 is 28.6 Å². The maximum atomic E-state index is 12.9. The normalized spacial score (nSPS) is 22.5. The van der Waals surface area contributed by atoms with Gasteiger partial charge in [0.05, 0.1) is 19.3 Å². The van der Waals surface area contributed by atoms with E-state index in [9.17, 15) is 14.4 Å². The third-order valence-corrected chi connectivity index (χ3v) is 4.58. The monoisotopic (exact) mass is 416 g/mol. The highest BCUT2D eigenvalue weighted by Crippen LogP contribution is 2.20. The number of nitrogens with one attached hydrogen (secondary N) is 1. The molecule has 0 radical (unpaired) electrons. The summed E-state index contributed by atoms with van der Waals surface area (Å²) in [6.45, 7) is 1.12. The van der Waals surface area contributed by atoms with Crippen molar-refractivity contribution >= 4 is 17.8 Å². The fourth-order valence-electron chi connectivity index (χ4n) is 2.94. The average molecular weight is 416 g/mol. The van der Waals surface area contributed by atoms with Crippen molar-refractivity contribution in [1.82, 2.24) is 15.2 Å².